The van der Waals surface area contributed by atoms with Crippen LogP contribution in [0.1, 0.15) is 5.69 Å². The van der Waals surface area contributed by atoms with Crippen molar-refractivity contribution in [3.05, 3.63) is 96.4 Å². The standard InChI is InChI=1S/C23H20FN5O2S/c1-16-15-22(26-17-7-3-2-4-8-17)28-23(25-16)27-18-11-13-19(14-12-18)29-32(30,31)21-10-6-5-9-20(21)24/h2-15,29H,1H3,(H2,25,26,27,28). The highest BCUT2D eigenvalue weighted by Gasteiger charge is 2.18. The molecule has 3 N–H and O–H groups in total. The zero-order valence-corrected chi connectivity index (χ0v) is 17.9. The Labute approximate surface area is 185 Å². The molecule has 0 fully saturated rings. The predicted molar refractivity (Wildman–Crippen MR) is 123 cm³/mol. The van der Waals surface area contributed by atoms with Gasteiger partial charge in [-0.3, -0.25) is 4.72 Å². The second-order valence-electron chi connectivity index (χ2n) is 6.95. The predicted octanol–water partition coefficient (Wildman–Crippen LogP) is 5.21. The summed E-state index contributed by atoms with van der Waals surface area (Å²) >= 11 is 0. The summed E-state index contributed by atoms with van der Waals surface area (Å²) in [4.78, 5) is 8.45. The van der Waals surface area contributed by atoms with Gasteiger partial charge in [0.1, 0.15) is 16.5 Å². The van der Waals surface area contributed by atoms with Crippen LogP contribution in [0.25, 0.3) is 0 Å². The van der Waals surface area contributed by atoms with Gasteiger partial charge in [0.2, 0.25) is 5.95 Å². The first kappa shape index (κ1) is 21.3. The van der Waals surface area contributed by atoms with Gasteiger partial charge in [-0.05, 0) is 55.5 Å². The summed E-state index contributed by atoms with van der Waals surface area (Å²) < 4.78 is 41.1. The molecule has 0 aliphatic rings. The van der Waals surface area contributed by atoms with Crippen LogP contribution in [0.4, 0.5) is 33.2 Å². The molecule has 4 rings (SSSR count). The molecule has 0 aliphatic heterocycles. The molecule has 0 atom stereocenters. The highest BCUT2D eigenvalue weighted by atomic mass is 32.2. The normalized spacial score (nSPS) is 11.1. The Morgan fingerprint density at radius 3 is 2.09 bits per heavy atom. The van der Waals surface area contributed by atoms with Gasteiger partial charge in [0, 0.05) is 28.8 Å². The minimum atomic E-state index is -4.04. The summed E-state index contributed by atoms with van der Waals surface area (Å²) in [6.07, 6.45) is 0. The van der Waals surface area contributed by atoms with Gasteiger partial charge in [0.05, 0.1) is 0 Å². The lowest BCUT2D eigenvalue weighted by Gasteiger charge is -2.11. The molecular weight excluding hydrogens is 429 g/mol. The second-order valence-corrected chi connectivity index (χ2v) is 8.60. The molecule has 1 heterocycles. The number of benzene rings is 3. The lowest BCUT2D eigenvalue weighted by molar-refractivity contribution is 0.570. The number of anilines is 5. The SMILES string of the molecule is Cc1cc(Nc2ccccc2)nc(Nc2ccc(NS(=O)(=O)c3ccccc3F)cc2)n1. The maximum atomic E-state index is 13.8. The molecule has 9 heteroatoms. The van der Waals surface area contributed by atoms with Crippen molar-refractivity contribution in [2.75, 3.05) is 15.4 Å². The Kier molecular flexibility index (Phi) is 6.00. The van der Waals surface area contributed by atoms with E-state index in [1.54, 1.807) is 24.3 Å². The molecule has 0 saturated heterocycles. The maximum absolute atomic E-state index is 13.8. The Balaban J connectivity index is 1.48. The quantitative estimate of drug-likeness (QED) is 0.358. The van der Waals surface area contributed by atoms with Crippen LogP contribution in [0.15, 0.2) is 89.8 Å². The van der Waals surface area contributed by atoms with E-state index in [1.165, 1.54) is 18.2 Å². The first-order valence-electron chi connectivity index (χ1n) is 9.71. The van der Waals surface area contributed by atoms with E-state index in [1.807, 2.05) is 43.3 Å². The van der Waals surface area contributed by atoms with Gasteiger partial charge in [0.15, 0.2) is 0 Å². The smallest absolute Gasteiger partial charge is 0.264 e. The Morgan fingerprint density at radius 1 is 0.750 bits per heavy atom. The number of nitrogens with zero attached hydrogens (tertiary/aromatic N) is 2. The Bertz CT molecular complexity index is 1330. The molecular formula is C23H20FN5O2S. The van der Waals surface area contributed by atoms with Crippen LogP contribution in [0.3, 0.4) is 0 Å². The molecule has 0 saturated carbocycles. The minimum absolute atomic E-state index is 0.301. The molecule has 32 heavy (non-hydrogen) atoms. The first-order valence-corrected chi connectivity index (χ1v) is 11.2. The van der Waals surface area contributed by atoms with Crippen LogP contribution in [-0.2, 0) is 10.0 Å². The Morgan fingerprint density at radius 2 is 1.38 bits per heavy atom. The average molecular weight is 450 g/mol. The van der Waals surface area contributed by atoms with Crippen molar-refractivity contribution in [3.8, 4) is 0 Å². The van der Waals surface area contributed by atoms with E-state index in [4.69, 9.17) is 0 Å². The molecule has 162 valence electrons. The zero-order chi connectivity index (χ0) is 22.6. The summed E-state index contributed by atoms with van der Waals surface area (Å²) in [6.45, 7) is 1.86. The number of rotatable bonds is 7. The topological polar surface area (TPSA) is 96.0 Å². The van der Waals surface area contributed by atoms with E-state index in [2.05, 4.69) is 25.3 Å². The molecule has 0 amide bonds. The van der Waals surface area contributed by atoms with Crippen LogP contribution < -0.4 is 15.4 Å². The average Bonchev–Trinajstić information content (AvgIpc) is 2.75. The fraction of sp³-hybridized carbons (Fsp3) is 0.0435. The lowest BCUT2D eigenvalue weighted by Crippen LogP contribution is -2.14. The van der Waals surface area contributed by atoms with Crippen molar-refractivity contribution < 1.29 is 12.8 Å². The molecule has 7 nitrogen and oxygen atoms in total. The van der Waals surface area contributed by atoms with E-state index < -0.39 is 20.7 Å². The van der Waals surface area contributed by atoms with Crippen LogP contribution in [0.5, 0.6) is 0 Å². The van der Waals surface area contributed by atoms with Crippen molar-refractivity contribution in [1.82, 2.24) is 9.97 Å². The summed E-state index contributed by atoms with van der Waals surface area (Å²) in [6, 6.07) is 23.2. The zero-order valence-electron chi connectivity index (χ0n) is 17.1. The van der Waals surface area contributed by atoms with Crippen LogP contribution in [0.2, 0.25) is 0 Å². The fourth-order valence-corrected chi connectivity index (χ4v) is 4.12. The number of sulfonamides is 1. The van der Waals surface area contributed by atoms with Crippen LogP contribution in [-0.4, -0.2) is 18.4 Å². The first-order chi connectivity index (χ1) is 15.4. The van der Waals surface area contributed by atoms with Gasteiger partial charge >= 0.3 is 0 Å². The van der Waals surface area contributed by atoms with Crippen LogP contribution in [0, 0.1) is 12.7 Å². The molecule has 0 spiro atoms. The van der Waals surface area contributed by atoms with Crippen molar-refractivity contribution in [2.45, 2.75) is 11.8 Å². The van der Waals surface area contributed by atoms with E-state index in [0.717, 1.165) is 17.4 Å². The number of aromatic nitrogens is 2. The summed E-state index contributed by atoms with van der Waals surface area (Å²) in [5.74, 6) is 0.221. The van der Waals surface area contributed by atoms with E-state index in [0.29, 0.717) is 23.1 Å². The lowest BCUT2D eigenvalue weighted by atomic mass is 10.3. The number of para-hydroxylation sites is 1. The van der Waals surface area contributed by atoms with Crippen molar-refractivity contribution in [2.24, 2.45) is 0 Å². The number of nitrogens with one attached hydrogen (secondary N) is 3. The third-order valence-corrected chi connectivity index (χ3v) is 5.83. The van der Waals surface area contributed by atoms with E-state index >= 15 is 0 Å². The number of halogens is 1. The van der Waals surface area contributed by atoms with Gasteiger partial charge in [-0.15, -0.1) is 0 Å². The van der Waals surface area contributed by atoms with Gasteiger partial charge in [0.25, 0.3) is 10.0 Å². The van der Waals surface area contributed by atoms with Gasteiger partial charge in [-0.2, -0.15) is 4.98 Å². The van der Waals surface area contributed by atoms with Gasteiger partial charge in [-0.25, -0.2) is 17.8 Å². The second kappa shape index (κ2) is 9.03. The molecule has 3 aromatic carbocycles. The Hall–Kier alpha value is -3.98. The molecule has 0 bridgehead atoms. The third kappa shape index (κ3) is 5.19. The highest BCUT2D eigenvalue weighted by Crippen LogP contribution is 2.22. The van der Waals surface area contributed by atoms with Crippen molar-refractivity contribution in [1.29, 1.82) is 0 Å². The highest BCUT2D eigenvalue weighted by molar-refractivity contribution is 7.92. The van der Waals surface area contributed by atoms with Crippen molar-refractivity contribution in [3.63, 3.8) is 0 Å². The molecule has 0 unspecified atom stereocenters. The number of hydrogen-bond donors (Lipinski definition) is 3. The minimum Gasteiger partial charge on any atom is -0.340 e. The molecule has 4 aromatic rings. The molecule has 1 aromatic heterocycles. The van der Waals surface area contributed by atoms with Crippen LogP contribution >= 0.6 is 0 Å². The fourth-order valence-electron chi connectivity index (χ4n) is 2.98. The third-order valence-electron chi connectivity index (χ3n) is 4.42. The van der Waals surface area contributed by atoms with Gasteiger partial charge < -0.3 is 10.6 Å². The largest absolute Gasteiger partial charge is 0.340 e. The van der Waals surface area contributed by atoms with Crippen molar-refractivity contribution >= 4 is 38.9 Å². The van der Waals surface area contributed by atoms with E-state index in [-0.39, 0.29) is 0 Å². The molecule has 0 radical (unpaired) electrons. The monoisotopic (exact) mass is 449 g/mol. The maximum Gasteiger partial charge on any atom is 0.264 e. The molecule has 0 aliphatic carbocycles. The number of aryl methyl sites for hydroxylation is 1. The van der Waals surface area contributed by atoms with Gasteiger partial charge in [-0.1, -0.05) is 30.3 Å². The summed E-state index contributed by atoms with van der Waals surface area (Å²) in [5, 5.41) is 6.33. The summed E-state index contributed by atoms with van der Waals surface area (Å²) in [5.41, 5.74) is 2.64. The van der Waals surface area contributed by atoms with E-state index in [9.17, 15) is 12.8 Å². The number of hydrogen-bond acceptors (Lipinski definition) is 6. The summed E-state index contributed by atoms with van der Waals surface area (Å²) in [7, 11) is -4.04.